The largest absolute Gasteiger partial charge is 0.421 e. The van der Waals surface area contributed by atoms with Crippen molar-refractivity contribution in [1.29, 1.82) is 0 Å². The fraction of sp³-hybridized carbons (Fsp3) is 0.154. The summed E-state index contributed by atoms with van der Waals surface area (Å²) in [6, 6.07) is 4.39. The number of hydrogen-bond acceptors (Lipinski definition) is 5. The Morgan fingerprint density at radius 2 is 1.95 bits per heavy atom. The van der Waals surface area contributed by atoms with Gasteiger partial charge in [-0.1, -0.05) is 22.8 Å². The van der Waals surface area contributed by atoms with Crippen LogP contribution < -0.4 is 0 Å². The van der Waals surface area contributed by atoms with Gasteiger partial charge in [0.25, 0.3) is 5.89 Å². The molecule has 0 amide bonds. The second kappa shape index (κ2) is 4.72. The first kappa shape index (κ1) is 12.8. The van der Waals surface area contributed by atoms with Crippen LogP contribution in [0.15, 0.2) is 27.1 Å². The fourth-order valence-corrected chi connectivity index (χ4v) is 2.17. The number of aromatic nitrogens is 3. The molecular formula is C13H9ClFN3O2. The molecule has 3 rings (SSSR count). The number of rotatable bonds is 2. The molecule has 0 bridgehead atoms. The zero-order valence-corrected chi connectivity index (χ0v) is 11.4. The minimum atomic E-state index is -0.497. The fourth-order valence-electron chi connectivity index (χ4n) is 1.92. The van der Waals surface area contributed by atoms with E-state index in [0.29, 0.717) is 17.2 Å². The van der Waals surface area contributed by atoms with Gasteiger partial charge in [0.1, 0.15) is 22.8 Å². The van der Waals surface area contributed by atoms with Gasteiger partial charge in [0.05, 0.1) is 10.6 Å². The molecule has 0 aliphatic carbocycles. The molecular weight excluding hydrogens is 285 g/mol. The Kier molecular flexibility index (Phi) is 3.02. The molecule has 0 fully saturated rings. The van der Waals surface area contributed by atoms with E-state index < -0.39 is 5.82 Å². The Balaban J connectivity index is 2.26. The molecule has 0 N–H and O–H groups in total. The van der Waals surface area contributed by atoms with Crippen LogP contribution in [0.1, 0.15) is 11.7 Å². The zero-order chi connectivity index (χ0) is 14.3. The van der Waals surface area contributed by atoms with Gasteiger partial charge in [-0.25, -0.2) is 4.39 Å². The molecule has 0 atom stereocenters. The second-order valence-electron chi connectivity index (χ2n) is 4.19. The summed E-state index contributed by atoms with van der Waals surface area (Å²) < 4.78 is 24.5. The molecule has 0 radical (unpaired) electrons. The van der Waals surface area contributed by atoms with E-state index in [4.69, 9.17) is 20.5 Å². The topological polar surface area (TPSA) is 65.0 Å². The molecule has 102 valence electrons. The summed E-state index contributed by atoms with van der Waals surface area (Å²) in [5.74, 6) is 0.563. The van der Waals surface area contributed by atoms with Gasteiger partial charge in [-0.05, 0) is 19.1 Å². The second-order valence-corrected chi connectivity index (χ2v) is 4.59. The number of aryl methyl sites for hydroxylation is 2. The molecule has 20 heavy (non-hydrogen) atoms. The molecule has 0 saturated heterocycles. The maximum atomic E-state index is 14.0. The molecule has 0 aliphatic rings. The van der Waals surface area contributed by atoms with E-state index >= 15 is 0 Å². The van der Waals surface area contributed by atoms with Crippen LogP contribution in [0.3, 0.4) is 0 Å². The first-order valence-corrected chi connectivity index (χ1v) is 6.17. The SMILES string of the molecule is Cc1nnc(-c2c(-c3c(F)cccc3Cl)noc2C)o1. The molecule has 7 heteroatoms. The highest BCUT2D eigenvalue weighted by atomic mass is 35.5. The predicted molar refractivity (Wildman–Crippen MR) is 69.7 cm³/mol. The summed E-state index contributed by atoms with van der Waals surface area (Å²) in [6.07, 6.45) is 0. The summed E-state index contributed by atoms with van der Waals surface area (Å²) in [5.41, 5.74) is 0.837. The van der Waals surface area contributed by atoms with Gasteiger partial charge in [0.2, 0.25) is 5.89 Å². The Hall–Kier alpha value is -2.21. The van der Waals surface area contributed by atoms with E-state index in [9.17, 15) is 4.39 Å². The van der Waals surface area contributed by atoms with Gasteiger partial charge >= 0.3 is 0 Å². The third kappa shape index (κ3) is 1.98. The predicted octanol–water partition coefficient (Wildman–Crippen LogP) is 3.80. The lowest BCUT2D eigenvalue weighted by Gasteiger charge is -2.03. The van der Waals surface area contributed by atoms with E-state index in [1.807, 2.05) is 0 Å². The number of hydrogen-bond donors (Lipinski definition) is 0. The van der Waals surface area contributed by atoms with E-state index in [-0.39, 0.29) is 22.2 Å². The molecule has 3 aromatic rings. The van der Waals surface area contributed by atoms with Crippen LogP contribution >= 0.6 is 11.6 Å². The van der Waals surface area contributed by atoms with Crippen LogP contribution in [0, 0.1) is 19.7 Å². The minimum Gasteiger partial charge on any atom is -0.421 e. The Morgan fingerprint density at radius 1 is 1.15 bits per heavy atom. The summed E-state index contributed by atoms with van der Waals surface area (Å²) in [4.78, 5) is 0. The van der Waals surface area contributed by atoms with Gasteiger partial charge in [-0.3, -0.25) is 0 Å². The summed E-state index contributed by atoms with van der Waals surface area (Å²) in [7, 11) is 0. The highest BCUT2D eigenvalue weighted by molar-refractivity contribution is 6.33. The van der Waals surface area contributed by atoms with Crippen molar-refractivity contribution in [2.75, 3.05) is 0 Å². The van der Waals surface area contributed by atoms with E-state index in [2.05, 4.69) is 15.4 Å². The summed E-state index contributed by atoms with van der Waals surface area (Å²) in [5, 5.41) is 11.8. The molecule has 2 aromatic heterocycles. The highest BCUT2D eigenvalue weighted by Crippen LogP contribution is 2.38. The maximum absolute atomic E-state index is 14.0. The van der Waals surface area contributed by atoms with Gasteiger partial charge in [0.15, 0.2) is 0 Å². The average molecular weight is 294 g/mol. The summed E-state index contributed by atoms with van der Waals surface area (Å²) in [6.45, 7) is 3.34. The lowest BCUT2D eigenvalue weighted by Crippen LogP contribution is -1.89. The van der Waals surface area contributed by atoms with Crippen molar-refractivity contribution in [1.82, 2.24) is 15.4 Å². The van der Waals surface area contributed by atoms with E-state index in [1.165, 1.54) is 12.1 Å². The van der Waals surface area contributed by atoms with Crippen molar-refractivity contribution in [2.45, 2.75) is 13.8 Å². The Labute approximate surface area is 118 Å². The van der Waals surface area contributed by atoms with Gasteiger partial charge in [-0.2, -0.15) is 0 Å². The van der Waals surface area contributed by atoms with E-state index in [0.717, 1.165) is 0 Å². The van der Waals surface area contributed by atoms with Gasteiger partial charge in [0, 0.05) is 6.92 Å². The number of benzene rings is 1. The number of nitrogens with zero attached hydrogens (tertiary/aromatic N) is 3. The minimum absolute atomic E-state index is 0.150. The van der Waals surface area contributed by atoms with Gasteiger partial charge in [-0.15, -0.1) is 10.2 Å². The van der Waals surface area contributed by atoms with Crippen LogP contribution in [0.4, 0.5) is 4.39 Å². The third-order valence-corrected chi connectivity index (χ3v) is 3.12. The first-order chi connectivity index (χ1) is 9.58. The molecule has 0 aliphatic heterocycles. The average Bonchev–Trinajstić information content (AvgIpc) is 2.96. The highest BCUT2D eigenvalue weighted by Gasteiger charge is 2.24. The van der Waals surface area contributed by atoms with Crippen molar-refractivity contribution < 1.29 is 13.3 Å². The van der Waals surface area contributed by atoms with Crippen molar-refractivity contribution in [3.8, 4) is 22.7 Å². The first-order valence-electron chi connectivity index (χ1n) is 5.79. The smallest absolute Gasteiger partial charge is 0.253 e. The molecule has 5 nitrogen and oxygen atoms in total. The normalized spacial score (nSPS) is 11.0. The van der Waals surface area contributed by atoms with Crippen molar-refractivity contribution >= 4 is 11.6 Å². The van der Waals surface area contributed by atoms with Crippen molar-refractivity contribution in [3.05, 3.63) is 40.7 Å². The van der Waals surface area contributed by atoms with Crippen LogP contribution in [0.2, 0.25) is 5.02 Å². The number of halogens is 2. The van der Waals surface area contributed by atoms with Crippen LogP contribution in [0.25, 0.3) is 22.7 Å². The van der Waals surface area contributed by atoms with Gasteiger partial charge < -0.3 is 8.94 Å². The molecule has 2 heterocycles. The summed E-state index contributed by atoms with van der Waals surface area (Å²) >= 11 is 6.05. The Bertz CT molecular complexity index is 762. The van der Waals surface area contributed by atoms with Crippen LogP contribution in [-0.2, 0) is 0 Å². The Morgan fingerprint density at radius 3 is 2.60 bits per heavy atom. The molecule has 0 unspecified atom stereocenters. The van der Waals surface area contributed by atoms with Crippen molar-refractivity contribution in [2.24, 2.45) is 0 Å². The van der Waals surface area contributed by atoms with Crippen LogP contribution in [0.5, 0.6) is 0 Å². The quantitative estimate of drug-likeness (QED) is 0.719. The lowest BCUT2D eigenvalue weighted by molar-refractivity contribution is 0.399. The third-order valence-electron chi connectivity index (χ3n) is 2.80. The maximum Gasteiger partial charge on any atom is 0.253 e. The monoisotopic (exact) mass is 293 g/mol. The molecule has 0 spiro atoms. The zero-order valence-electron chi connectivity index (χ0n) is 10.6. The molecule has 0 saturated carbocycles. The van der Waals surface area contributed by atoms with E-state index in [1.54, 1.807) is 19.9 Å². The standard InChI is InChI=1S/C13H9ClFN3O2/c1-6-10(13-17-16-7(2)19-13)12(18-20-6)11-8(14)4-3-5-9(11)15/h3-5H,1-2H3. The lowest BCUT2D eigenvalue weighted by atomic mass is 10.1. The van der Waals surface area contributed by atoms with Crippen molar-refractivity contribution in [3.63, 3.8) is 0 Å². The van der Waals surface area contributed by atoms with Crippen LogP contribution in [-0.4, -0.2) is 15.4 Å². The molecule has 1 aromatic carbocycles.